The Morgan fingerprint density at radius 2 is 1.93 bits per heavy atom. The van der Waals surface area contributed by atoms with E-state index < -0.39 is 21.8 Å². The van der Waals surface area contributed by atoms with Crippen LogP contribution in [-0.2, 0) is 9.84 Å². The Bertz CT molecular complexity index is 1130. The number of amides is 1. The van der Waals surface area contributed by atoms with Gasteiger partial charge in [0.2, 0.25) is 5.95 Å². The molecule has 12 heteroatoms. The zero-order chi connectivity index (χ0) is 20.5. The molecule has 3 N–H and O–H groups in total. The summed E-state index contributed by atoms with van der Waals surface area (Å²) < 4.78 is 24.9. The van der Waals surface area contributed by atoms with Crippen molar-refractivity contribution in [2.24, 2.45) is 0 Å². The first kappa shape index (κ1) is 19.7. The van der Waals surface area contributed by atoms with Gasteiger partial charge in [-0.1, -0.05) is 11.6 Å². The normalized spacial score (nSPS) is 12.5. The highest BCUT2D eigenvalue weighted by Crippen LogP contribution is 2.20. The van der Waals surface area contributed by atoms with Crippen LogP contribution in [0.2, 0.25) is 5.02 Å². The lowest BCUT2D eigenvalue weighted by Gasteiger charge is -2.14. The highest BCUT2D eigenvalue weighted by Gasteiger charge is 2.21. The largest absolute Gasteiger partial charge is 0.366 e. The van der Waals surface area contributed by atoms with E-state index in [0.717, 1.165) is 6.26 Å². The van der Waals surface area contributed by atoms with E-state index in [1.54, 1.807) is 13.0 Å². The minimum Gasteiger partial charge on any atom is -0.366 e. The van der Waals surface area contributed by atoms with Crippen LogP contribution in [0.4, 0.5) is 5.95 Å². The van der Waals surface area contributed by atoms with Gasteiger partial charge < -0.3 is 11.1 Å². The maximum Gasteiger partial charge on any atom is 0.252 e. The Kier molecular flexibility index (Phi) is 5.29. The molecule has 0 saturated heterocycles. The molecule has 0 bridgehead atoms. The standard InChI is InChI=1S/C16H16ClN7O3S/c1-9(13-22-15(18)23-24(13)16-19-4-3-5-20-16)21-14(25)10-6-11(17)8-12(7-10)28(2,26)27/h3-9H,1-2H3,(H2,18,23)(H,21,25)/t9-/m0/s1. The molecule has 0 saturated carbocycles. The van der Waals surface area contributed by atoms with E-state index in [-0.39, 0.29) is 27.4 Å². The van der Waals surface area contributed by atoms with E-state index in [0.29, 0.717) is 5.82 Å². The Hall–Kier alpha value is -3.05. The molecule has 2 heterocycles. The first-order valence-electron chi connectivity index (χ1n) is 7.96. The number of nitrogens with two attached hydrogens (primary N) is 1. The molecule has 28 heavy (non-hydrogen) atoms. The van der Waals surface area contributed by atoms with Crippen molar-refractivity contribution in [1.82, 2.24) is 30.0 Å². The van der Waals surface area contributed by atoms with E-state index >= 15 is 0 Å². The number of rotatable bonds is 5. The summed E-state index contributed by atoms with van der Waals surface area (Å²) in [7, 11) is -3.53. The van der Waals surface area contributed by atoms with Crippen molar-refractivity contribution in [3.63, 3.8) is 0 Å². The molecule has 0 aliphatic heterocycles. The average molecular weight is 422 g/mol. The van der Waals surface area contributed by atoms with E-state index in [1.807, 2.05) is 0 Å². The lowest BCUT2D eigenvalue weighted by atomic mass is 10.2. The number of hydrogen-bond acceptors (Lipinski definition) is 8. The molecule has 10 nitrogen and oxygen atoms in total. The molecule has 1 atom stereocenters. The van der Waals surface area contributed by atoms with Gasteiger partial charge in [0.15, 0.2) is 15.7 Å². The van der Waals surface area contributed by atoms with Crippen LogP contribution in [-0.4, -0.2) is 45.3 Å². The third kappa shape index (κ3) is 4.26. The van der Waals surface area contributed by atoms with Crippen molar-refractivity contribution in [3.8, 4) is 5.95 Å². The minimum atomic E-state index is -3.53. The number of anilines is 1. The Morgan fingerprint density at radius 3 is 2.57 bits per heavy atom. The van der Waals surface area contributed by atoms with Crippen LogP contribution >= 0.6 is 11.6 Å². The summed E-state index contributed by atoms with van der Waals surface area (Å²) in [5.41, 5.74) is 5.78. The van der Waals surface area contributed by atoms with E-state index in [4.69, 9.17) is 17.3 Å². The number of nitrogens with zero attached hydrogens (tertiary/aromatic N) is 5. The van der Waals surface area contributed by atoms with Crippen LogP contribution in [0.15, 0.2) is 41.6 Å². The lowest BCUT2D eigenvalue weighted by Crippen LogP contribution is -2.29. The van der Waals surface area contributed by atoms with Crippen LogP contribution in [0.25, 0.3) is 5.95 Å². The lowest BCUT2D eigenvalue weighted by molar-refractivity contribution is 0.0937. The molecule has 2 aromatic heterocycles. The zero-order valence-corrected chi connectivity index (χ0v) is 16.4. The quantitative estimate of drug-likeness (QED) is 0.624. The highest BCUT2D eigenvalue weighted by molar-refractivity contribution is 7.90. The molecule has 0 spiro atoms. The van der Waals surface area contributed by atoms with Crippen LogP contribution in [0.5, 0.6) is 0 Å². The summed E-state index contributed by atoms with van der Waals surface area (Å²) >= 11 is 5.96. The minimum absolute atomic E-state index is 0.00864. The van der Waals surface area contributed by atoms with E-state index in [2.05, 4.69) is 25.4 Å². The summed E-state index contributed by atoms with van der Waals surface area (Å²) in [6.45, 7) is 1.67. The molecule has 3 rings (SSSR count). The molecule has 0 radical (unpaired) electrons. The van der Waals surface area contributed by atoms with E-state index in [1.165, 1.54) is 35.3 Å². The second-order valence-electron chi connectivity index (χ2n) is 5.93. The van der Waals surface area contributed by atoms with Crippen LogP contribution in [0.1, 0.15) is 29.1 Å². The number of halogens is 1. The molecular weight excluding hydrogens is 406 g/mol. The van der Waals surface area contributed by atoms with Crippen molar-refractivity contribution < 1.29 is 13.2 Å². The maximum absolute atomic E-state index is 12.6. The topological polar surface area (TPSA) is 146 Å². The van der Waals surface area contributed by atoms with Crippen molar-refractivity contribution in [2.75, 3.05) is 12.0 Å². The highest BCUT2D eigenvalue weighted by atomic mass is 35.5. The van der Waals surface area contributed by atoms with Crippen molar-refractivity contribution in [1.29, 1.82) is 0 Å². The van der Waals surface area contributed by atoms with Gasteiger partial charge in [-0.3, -0.25) is 4.79 Å². The Labute approximate surface area is 165 Å². The SMILES string of the molecule is C[C@H](NC(=O)c1cc(Cl)cc(S(C)(=O)=O)c1)c1nc(N)nn1-c1ncccn1. The fourth-order valence-corrected chi connectivity index (χ4v) is 3.40. The number of carbonyl (C=O) groups excluding carboxylic acids is 1. The van der Waals surface area contributed by atoms with Crippen LogP contribution in [0.3, 0.4) is 0 Å². The van der Waals surface area contributed by atoms with Crippen molar-refractivity contribution >= 4 is 33.3 Å². The number of nitrogens with one attached hydrogen (secondary N) is 1. The van der Waals surface area contributed by atoms with Gasteiger partial charge in [0, 0.05) is 29.2 Å². The number of carbonyl (C=O) groups is 1. The molecule has 146 valence electrons. The monoisotopic (exact) mass is 421 g/mol. The van der Waals surface area contributed by atoms with Gasteiger partial charge in [-0.2, -0.15) is 9.67 Å². The molecule has 1 aromatic carbocycles. The van der Waals surface area contributed by atoms with Gasteiger partial charge in [-0.15, -0.1) is 5.10 Å². The smallest absolute Gasteiger partial charge is 0.252 e. The number of hydrogen-bond donors (Lipinski definition) is 2. The number of sulfone groups is 1. The number of benzene rings is 1. The molecule has 0 unspecified atom stereocenters. The van der Waals surface area contributed by atoms with Crippen molar-refractivity contribution in [3.05, 3.63) is 53.1 Å². The third-order valence-corrected chi connectivity index (χ3v) is 5.00. The first-order chi connectivity index (χ1) is 13.1. The van der Waals surface area contributed by atoms with Crippen molar-refractivity contribution in [2.45, 2.75) is 17.9 Å². The molecular formula is C16H16ClN7O3S. The molecule has 0 aliphatic rings. The fourth-order valence-electron chi connectivity index (χ4n) is 2.42. The summed E-state index contributed by atoms with van der Waals surface area (Å²) in [6.07, 6.45) is 4.10. The Balaban J connectivity index is 1.90. The van der Waals surface area contributed by atoms with Crippen LogP contribution < -0.4 is 11.1 Å². The van der Waals surface area contributed by atoms with Gasteiger partial charge in [-0.05, 0) is 31.2 Å². The summed E-state index contributed by atoms with van der Waals surface area (Å²) in [5, 5.41) is 6.89. The predicted molar refractivity (Wildman–Crippen MR) is 102 cm³/mol. The summed E-state index contributed by atoms with van der Waals surface area (Å²) in [5.74, 6) is 0.00000319. The number of aromatic nitrogens is 5. The molecule has 0 fully saturated rings. The summed E-state index contributed by atoms with van der Waals surface area (Å²) in [4.78, 5) is 24.9. The van der Waals surface area contributed by atoms with Gasteiger partial charge in [0.25, 0.3) is 11.9 Å². The molecule has 1 amide bonds. The first-order valence-corrected chi connectivity index (χ1v) is 10.2. The molecule has 0 aliphatic carbocycles. The third-order valence-electron chi connectivity index (χ3n) is 3.69. The van der Waals surface area contributed by atoms with Gasteiger partial charge >= 0.3 is 0 Å². The zero-order valence-electron chi connectivity index (χ0n) is 14.9. The second kappa shape index (κ2) is 7.52. The maximum atomic E-state index is 12.6. The van der Waals surface area contributed by atoms with E-state index in [9.17, 15) is 13.2 Å². The molecule has 3 aromatic rings. The van der Waals surface area contributed by atoms with Gasteiger partial charge in [0.1, 0.15) is 0 Å². The Morgan fingerprint density at radius 1 is 1.25 bits per heavy atom. The summed E-state index contributed by atoms with van der Waals surface area (Å²) in [6, 6.07) is 4.91. The second-order valence-corrected chi connectivity index (χ2v) is 8.38. The predicted octanol–water partition coefficient (Wildman–Crippen LogP) is 1.19. The van der Waals surface area contributed by atoms with Gasteiger partial charge in [-0.25, -0.2) is 18.4 Å². The van der Waals surface area contributed by atoms with Crippen LogP contribution in [0, 0.1) is 0 Å². The number of nitrogen functional groups attached to an aromatic ring is 1. The van der Waals surface area contributed by atoms with Gasteiger partial charge in [0.05, 0.1) is 10.9 Å². The average Bonchev–Trinajstić information content (AvgIpc) is 3.03. The fraction of sp³-hybridized carbons (Fsp3) is 0.188.